The van der Waals surface area contributed by atoms with Gasteiger partial charge in [0.15, 0.2) is 0 Å². The Kier molecular flexibility index (Phi) is 12.6. The number of morpholine rings is 1. The lowest BCUT2D eigenvalue weighted by Gasteiger charge is -2.38. The number of rotatable bonds is 15. The highest BCUT2D eigenvalue weighted by molar-refractivity contribution is 6.32. The van der Waals surface area contributed by atoms with Crippen LogP contribution in [0, 0.1) is 5.41 Å². The summed E-state index contributed by atoms with van der Waals surface area (Å²) in [4.78, 5) is 11.5. The standard InChI is InChI=1S/C31H40ClF3N10O4/c1-21(18-44(20-36)42-37)49-28-15-22(3-8-26(28)32)23-16-38-30(39-17-23)40-27-19-45(41-29(27)47-11-2-12-48-31(33,34)35)25-6-4-24(5-7-25)43-9-13-46-14-10-43/h3,8,15-17,19-21,24-25,36-37H,2,4-7,9-14,18H2,1H3,(H,38,39,40)/p+1/t21-,24?,25?/m0/s1. The highest BCUT2D eigenvalue weighted by Gasteiger charge is 2.30. The molecule has 1 aromatic carbocycles. The average molecular weight is 710 g/mol. The van der Waals surface area contributed by atoms with Gasteiger partial charge in [0.1, 0.15) is 24.1 Å². The van der Waals surface area contributed by atoms with Crippen LogP contribution in [-0.4, -0.2) is 100 Å². The average Bonchev–Trinajstić information content (AvgIpc) is 3.50. The Hall–Kier alpha value is -4.06. The topological polar surface area (TPSA) is 161 Å². The molecule has 0 spiro atoms. The quantitative estimate of drug-likeness (QED) is 0.0346. The summed E-state index contributed by atoms with van der Waals surface area (Å²) in [6.45, 7) is 4.94. The van der Waals surface area contributed by atoms with Gasteiger partial charge in [-0.05, 0) is 50.3 Å². The first kappa shape index (κ1) is 36.2. The van der Waals surface area contributed by atoms with Gasteiger partial charge in [-0.2, -0.15) is 5.41 Å². The number of hydrogen-bond donors (Lipinski definition) is 3. The number of benzene rings is 1. The number of halogens is 4. The molecule has 3 heterocycles. The van der Waals surface area contributed by atoms with E-state index in [0.717, 1.165) is 63.9 Å². The minimum atomic E-state index is -4.69. The highest BCUT2D eigenvalue weighted by atomic mass is 35.5. The van der Waals surface area contributed by atoms with E-state index in [0.29, 0.717) is 28.1 Å². The summed E-state index contributed by atoms with van der Waals surface area (Å²) in [5.41, 5.74) is 1.96. The molecule has 4 N–H and O–H groups in total. The number of anilines is 2. The summed E-state index contributed by atoms with van der Waals surface area (Å²) >= 11 is 6.38. The van der Waals surface area contributed by atoms with E-state index in [1.54, 1.807) is 31.5 Å². The largest absolute Gasteiger partial charge is 0.522 e. The molecule has 0 unspecified atom stereocenters. The summed E-state index contributed by atoms with van der Waals surface area (Å²) in [6, 6.07) is 5.95. The van der Waals surface area contributed by atoms with Gasteiger partial charge < -0.3 is 19.5 Å². The fraction of sp³-hybridized carbons (Fsp3) is 0.548. The molecule has 1 aliphatic heterocycles. The van der Waals surface area contributed by atoms with Gasteiger partial charge >= 0.3 is 6.36 Å². The van der Waals surface area contributed by atoms with Crippen molar-refractivity contribution >= 4 is 29.6 Å². The van der Waals surface area contributed by atoms with Crippen molar-refractivity contribution < 1.29 is 36.8 Å². The zero-order chi connectivity index (χ0) is 34.8. The van der Waals surface area contributed by atoms with E-state index in [-0.39, 0.29) is 43.5 Å². The molecule has 266 valence electrons. The van der Waals surface area contributed by atoms with Crippen LogP contribution in [0.3, 0.4) is 0 Å². The highest BCUT2D eigenvalue weighted by Crippen LogP contribution is 2.35. The minimum absolute atomic E-state index is 0.0225. The second-order valence-corrected chi connectivity index (χ2v) is 12.2. The van der Waals surface area contributed by atoms with Gasteiger partial charge in [0, 0.05) is 48.7 Å². The maximum Gasteiger partial charge on any atom is 0.522 e. The molecular formula is C31H41ClF3N10O4+. The van der Waals surface area contributed by atoms with E-state index in [9.17, 15) is 13.2 Å². The lowest BCUT2D eigenvalue weighted by molar-refractivity contribution is -0.485. The van der Waals surface area contributed by atoms with Crippen LogP contribution in [0.5, 0.6) is 11.6 Å². The first-order valence-electron chi connectivity index (χ1n) is 16.1. The summed E-state index contributed by atoms with van der Waals surface area (Å²) in [5, 5.41) is 19.1. The Bertz CT molecular complexity index is 1550. The zero-order valence-electron chi connectivity index (χ0n) is 27.1. The smallest absolute Gasteiger partial charge is 0.486 e. The van der Waals surface area contributed by atoms with Crippen molar-refractivity contribution in [1.29, 1.82) is 5.41 Å². The predicted octanol–water partition coefficient (Wildman–Crippen LogP) is 5.57. The van der Waals surface area contributed by atoms with Gasteiger partial charge in [0.25, 0.3) is 5.88 Å². The number of aromatic nitrogens is 4. The number of nitrogens with zero attached hydrogens (tertiary/aromatic N) is 7. The van der Waals surface area contributed by atoms with E-state index < -0.39 is 13.0 Å². The van der Waals surface area contributed by atoms with Crippen molar-refractivity contribution in [2.75, 3.05) is 51.4 Å². The van der Waals surface area contributed by atoms with Crippen molar-refractivity contribution in [3.63, 3.8) is 0 Å². The Morgan fingerprint density at radius 1 is 1.14 bits per heavy atom. The van der Waals surface area contributed by atoms with Crippen molar-refractivity contribution in [3.05, 3.63) is 41.8 Å². The van der Waals surface area contributed by atoms with Gasteiger partial charge in [-0.15, -0.1) is 23.0 Å². The number of nitrogens with two attached hydrogens (primary N) is 1. The van der Waals surface area contributed by atoms with Crippen molar-refractivity contribution in [1.82, 2.24) is 24.6 Å². The molecule has 2 fully saturated rings. The second-order valence-electron chi connectivity index (χ2n) is 11.8. The normalized spacial score (nSPS) is 19.7. The number of ether oxygens (including phenoxy) is 4. The Morgan fingerprint density at radius 3 is 2.53 bits per heavy atom. The summed E-state index contributed by atoms with van der Waals surface area (Å²) < 4.78 is 61.5. The lowest BCUT2D eigenvalue weighted by Crippen LogP contribution is -2.45. The van der Waals surface area contributed by atoms with Gasteiger partial charge in [-0.25, -0.2) is 15.8 Å². The lowest BCUT2D eigenvalue weighted by atomic mass is 9.90. The summed E-state index contributed by atoms with van der Waals surface area (Å²) in [5.74, 6) is 6.23. The monoisotopic (exact) mass is 709 g/mol. The van der Waals surface area contributed by atoms with Crippen LogP contribution < -0.4 is 20.6 Å². The molecule has 3 aromatic rings. The summed E-state index contributed by atoms with van der Waals surface area (Å²) in [6.07, 6.45) is 5.00. The molecule has 0 radical (unpaired) electrons. The molecule has 1 saturated carbocycles. The van der Waals surface area contributed by atoms with Crippen LogP contribution in [0.1, 0.15) is 45.1 Å². The third kappa shape index (κ3) is 10.5. The first-order valence-corrected chi connectivity index (χ1v) is 16.5. The zero-order valence-corrected chi connectivity index (χ0v) is 27.9. The third-order valence-corrected chi connectivity index (χ3v) is 8.64. The van der Waals surface area contributed by atoms with E-state index in [4.69, 9.17) is 37.1 Å². The van der Waals surface area contributed by atoms with E-state index >= 15 is 0 Å². The fourth-order valence-corrected chi connectivity index (χ4v) is 6.05. The molecule has 2 aliphatic rings. The molecule has 49 heavy (non-hydrogen) atoms. The Morgan fingerprint density at radius 2 is 1.86 bits per heavy atom. The Labute approximate surface area is 286 Å². The van der Waals surface area contributed by atoms with Crippen LogP contribution >= 0.6 is 11.6 Å². The number of hydrogen-bond acceptors (Lipinski definition) is 11. The molecule has 5 rings (SSSR count). The van der Waals surface area contributed by atoms with E-state index in [2.05, 4.69) is 35.2 Å². The molecule has 1 saturated heterocycles. The molecule has 0 amide bonds. The molecule has 1 aliphatic carbocycles. The maximum absolute atomic E-state index is 12.4. The van der Waals surface area contributed by atoms with E-state index in [1.165, 1.54) is 4.70 Å². The van der Waals surface area contributed by atoms with Gasteiger partial charge in [0.05, 0.1) is 43.7 Å². The van der Waals surface area contributed by atoms with Crippen LogP contribution in [-0.2, 0) is 9.47 Å². The van der Waals surface area contributed by atoms with Crippen LogP contribution in [0.15, 0.2) is 42.0 Å². The fourth-order valence-electron chi connectivity index (χ4n) is 5.89. The predicted molar refractivity (Wildman–Crippen MR) is 174 cm³/mol. The Balaban J connectivity index is 1.26. The molecular weight excluding hydrogens is 669 g/mol. The van der Waals surface area contributed by atoms with Gasteiger partial charge in [-0.3, -0.25) is 14.3 Å². The molecule has 14 nitrogen and oxygen atoms in total. The first-order chi connectivity index (χ1) is 23.6. The van der Waals surface area contributed by atoms with Gasteiger partial charge in [0.2, 0.25) is 12.3 Å². The molecule has 18 heteroatoms. The van der Waals surface area contributed by atoms with Crippen LogP contribution in [0.4, 0.5) is 24.8 Å². The summed E-state index contributed by atoms with van der Waals surface area (Å²) in [7, 11) is 0. The van der Waals surface area contributed by atoms with Crippen LogP contribution in [0.25, 0.3) is 11.1 Å². The van der Waals surface area contributed by atoms with Crippen LogP contribution in [0.2, 0.25) is 5.02 Å². The van der Waals surface area contributed by atoms with E-state index in [1.807, 2.05) is 16.9 Å². The van der Waals surface area contributed by atoms with Gasteiger partial charge in [-0.1, -0.05) is 17.7 Å². The number of nitrogens with one attached hydrogen (secondary N) is 2. The second kappa shape index (κ2) is 17.0. The molecule has 0 bridgehead atoms. The number of alkyl halides is 3. The minimum Gasteiger partial charge on any atom is -0.486 e. The van der Waals surface area contributed by atoms with Crippen molar-refractivity contribution in [2.24, 2.45) is 11.1 Å². The molecule has 1 atom stereocenters. The SMILES string of the molecule is C[C@@H](C[N+](C=N)=NN)Oc1cc(-c2cnc(Nc3cn(C4CCC(N5CCOCC5)CC4)nc3OCCCOC(F)(F)F)nc2)ccc1Cl. The van der Waals surface area contributed by atoms with Crippen molar-refractivity contribution in [3.8, 4) is 22.8 Å². The molecule has 2 aromatic heterocycles. The maximum atomic E-state index is 12.4. The third-order valence-electron chi connectivity index (χ3n) is 8.33. The van der Waals surface area contributed by atoms with Crippen molar-refractivity contribution in [2.45, 2.75) is 63.6 Å².